The third-order valence-electron chi connectivity index (χ3n) is 1.92. The summed E-state index contributed by atoms with van der Waals surface area (Å²) in [6.07, 6.45) is 1.93. The first-order valence-corrected chi connectivity index (χ1v) is 5.67. The van der Waals surface area contributed by atoms with Crippen molar-refractivity contribution in [2.75, 3.05) is 6.61 Å². The van der Waals surface area contributed by atoms with E-state index in [-0.39, 0.29) is 10.7 Å². The number of benzene rings is 1. The van der Waals surface area contributed by atoms with Crippen molar-refractivity contribution < 1.29 is 9.13 Å². The minimum Gasteiger partial charge on any atom is -0.492 e. The molecule has 5 heteroatoms. The summed E-state index contributed by atoms with van der Waals surface area (Å²) in [4.78, 5) is 3.59. The Bertz CT molecular complexity index is 419. The molecule has 0 amide bonds. The smallest absolute Gasteiger partial charge is 0.151 e. The molecule has 0 unspecified atom stereocenters. The molecule has 0 fully saturated rings. The van der Waals surface area contributed by atoms with Gasteiger partial charge in [-0.1, -0.05) is 24.9 Å². The number of isothiocyanates is 1. The Labute approximate surface area is 104 Å². The number of unbranched alkanes of at least 4 members (excludes halogenated alkanes) is 1. The largest absolute Gasteiger partial charge is 0.492 e. The average molecular weight is 260 g/mol. The summed E-state index contributed by atoms with van der Waals surface area (Å²) >= 11 is 10.2. The van der Waals surface area contributed by atoms with Gasteiger partial charge in [0, 0.05) is 6.07 Å². The Morgan fingerprint density at radius 1 is 1.56 bits per heavy atom. The molecule has 0 saturated carbocycles. The second kappa shape index (κ2) is 6.59. The highest BCUT2D eigenvalue weighted by atomic mass is 35.5. The monoisotopic (exact) mass is 259 g/mol. The van der Waals surface area contributed by atoms with E-state index in [2.05, 4.69) is 29.3 Å². The van der Waals surface area contributed by atoms with Crippen LogP contribution in [0.1, 0.15) is 19.8 Å². The van der Waals surface area contributed by atoms with E-state index in [1.54, 1.807) is 0 Å². The number of nitrogens with zero attached hydrogens (tertiary/aromatic N) is 1. The van der Waals surface area contributed by atoms with E-state index in [0.717, 1.165) is 18.9 Å². The molecule has 0 aliphatic rings. The van der Waals surface area contributed by atoms with Crippen molar-refractivity contribution in [2.24, 2.45) is 4.99 Å². The van der Waals surface area contributed by atoms with Gasteiger partial charge in [-0.2, -0.15) is 4.99 Å². The van der Waals surface area contributed by atoms with Gasteiger partial charge in [-0.15, -0.1) is 0 Å². The number of hydrogen-bond acceptors (Lipinski definition) is 3. The second-order valence-electron chi connectivity index (χ2n) is 3.14. The molecular formula is C11H11ClFNOS. The molecule has 2 nitrogen and oxygen atoms in total. The lowest BCUT2D eigenvalue weighted by atomic mass is 10.3. The van der Waals surface area contributed by atoms with E-state index in [4.69, 9.17) is 16.3 Å². The Morgan fingerprint density at radius 3 is 2.94 bits per heavy atom. The molecule has 16 heavy (non-hydrogen) atoms. The number of hydrogen-bond donors (Lipinski definition) is 0. The lowest BCUT2D eigenvalue weighted by molar-refractivity contribution is 0.309. The van der Waals surface area contributed by atoms with Gasteiger partial charge < -0.3 is 4.74 Å². The molecule has 0 aliphatic carbocycles. The lowest BCUT2D eigenvalue weighted by Gasteiger charge is -2.08. The van der Waals surface area contributed by atoms with Crippen molar-refractivity contribution in [1.82, 2.24) is 0 Å². The maximum Gasteiger partial charge on any atom is 0.151 e. The van der Waals surface area contributed by atoms with Gasteiger partial charge in [0.15, 0.2) is 5.82 Å². The maximum absolute atomic E-state index is 13.3. The fourth-order valence-electron chi connectivity index (χ4n) is 1.09. The third-order valence-corrected chi connectivity index (χ3v) is 2.31. The first-order chi connectivity index (χ1) is 7.69. The van der Waals surface area contributed by atoms with Crippen molar-refractivity contribution in [2.45, 2.75) is 19.8 Å². The minimum absolute atomic E-state index is 0.0888. The highest BCUT2D eigenvalue weighted by molar-refractivity contribution is 7.78. The Balaban J connectivity index is 2.91. The van der Waals surface area contributed by atoms with E-state index < -0.39 is 5.82 Å². The lowest BCUT2D eigenvalue weighted by Crippen LogP contribution is -1.97. The molecule has 0 spiro atoms. The van der Waals surface area contributed by atoms with Gasteiger partial charge in [-0.25, -0.2) is 4.39 Å². The fourth-order valence-corrected chi connectivity index (χ4v) is 1.39. The van der Waals surface area contributed by atoms with Crippen molar-refractivity contribution in [3.05, 3.63) is 23.0 Å². The molecule has 0 aliphatic heterocycles. The number of ether oxygens (including phenoxy) is 1. The summed E-state index contributed by atoms with van der Waals surface area (Å²) < 4.78 is 18.7. The Morgan fingerprint density at radius 2 is 2.31 bits per heavy atom. The number of halogens is 2. The molecule has 0 heterocycles. The van der Waals surface area contributed by atoms with Crippen molar-refractivity contribution in [3.63, 3.8) is 0 Å². The highest BCUT2D eigenvalue weighted by Gasteiger charge is 2.08. The molecule has 86 valence electrons. The maximum atomic E-state index is 13.3. The Kier molecular flexibility index (Phi) is 5.39. The standard InChI is InChI=1S/C11H11ClFNOS/c1-2-3-4-15-11-6-10(14-7-16)9(13)5-8(11)12/h5-6H,2-4H2,1H3. The highest BCUT2D eigenvalue weighted by Crippen LogP contribution is 2.31. The third kappa shape index (κ3) is 3.56. The average Bonchev–Trinajstić information content (AvgIpc) is 2.25. The van der Waals surface area contributed by atoms with Crippen LogP contribution >= 0.6 is 23.8 Å². The molecule has 0 atom stereocenters. The van der Waals surface area contributed by atoms with Gasteiger partial charge in [0.2, 0.25) is 0 Å². The van der Waals surface area contributed by atoms with Crippen LogP contribution in [0.3, 0.4) is 0 Å². The van der Waals surface area contributed by atoms with Crippen LogP contribution in [-0.4, -0.2) is 11.8 Å². The van der Waals surface area contributed by atoms with Crippen LogP contribution in [0.5, 0.6) is 5.75 Å². The van der Waals surface area contributed by atoms with Gasteiger partial charge in [0.25, 0.3) is 0 Å². The molecule has 0 radical (unpaired) electrons. The molecule has 1 aromatic carbocycles. The zero-order valence-electron chi connectivity index (χ0n) is 8.80. The van der Waals surface area contributed by atoms with Gasteiger partial charge in [0.1, 0.15) is 11.4 Å². The summed E-state index contributed by atoms with van der Waals surface area (Å²) in [5, 5.41) is 2.34. The molecule has 0 aromatic heterocycles. The molecule has 0 bridgehead atoms. The summed E-state index contributed by atoms with van der Waals surface area (Å²) in [6.45, 7) is 2.60. The van der Waals surface area contributed by atoms with Gasteiger partial charge in [-0.05, 0) is 24.7 Å². The van der Waals surface area contributed by atoms with Gasteiger partial charge in [-0.3, -0.25) is 0 Å². The first kappa shape index (κ1) is 13.1. The van der Waals surface area contributed by atoms with E-state index >= 15 is 0 Å². The van der Waals surface area contributed by atoms with Crippen LogP contribution in [-0.2, 0) is 0 Å². The summed E-state index contributed by atoms with van der Waals surface area (Å²) in [5.74, 6) is -0.120. The van der Waals surface area contributed by atoms with E-state index in [9.17, 15) is 4.39 Å². The van der Waals surface area contributed by atoms with Crippen LogP contribution in [0.4, 0.5) is 10.1 Å². The molecule has 1 aromatic rings. The minimum atomic E-state index is -0.537. The quantitative estimate of drug-likeness (QED) is 0.444. The van der Waals surface area contributed by atoms with Crippen molar-refractivity contribution >= 4 is 34.7 Å². The molecule has 1 rings (SSSR count). The zero-order chi connectivity index (χ0) is 12.0. The van der Waals surface area contributed by atoms with Crippen molar-refractivity contribution in [3.8, 4) is 5.75 Å². The zero-order valence-corrected chi connectivity index (χ0v) is 10.4. The molecular weight excluding hydrogens is 249 g/mol. The molecule has 0 saturated heterocycles. The van der Waals surface area contributed by atoms with Gasteiger partial charge in [0.05, 0.1) is 16.8 Å². The summed E-state index contributed by atoms with van der Waals surface area (Å²) in [7, 11) is 0. The summed E-state index contributed by atoms with van der Waals surface area (Å²) in [5.41, 5.74) is 0.0888. The predicted octanol–water partition coefficient (Wildman–Crippen LogP) is 4.39. The van der Waals surface area contributed by atoms with Crippen LogP contribution < -0.4 is 4.74 Å². The van der Waals surface area contributed by atoms with Crippen LogP contribution in [0.2, 0.25) is 5.02 Å². The van der Waals surface area contributed by atoms with Crippen molar-refractivity contribution in [1.29, 1.82) is 0 Å². The SMILES string of the molecule is CCCCOc1cc(N=C=S)c(F)cc1Cl. The van der Waals surface area contributed by atoms with E-state index in [0.29, 0.717) is 12.4 Å². The van der Waals surface area contributed by atoms with Crippen LogP contribution in [0.25, 0.3) is 0 Å². The number of thiocarbonyl (C=S) groups is 1. The number of aliphatic imine (C=N–C) groups is 1. The first-order valence-electron chi connectivity index (χ1n) is 4.88. The second-order valence-corrected chi connectivity index (χ2v) is 3.73. The number of rotatable bonds is 5. The Hall–Kier alpha value is -0.960. The van der Waals surface area contributed by atoms with Crippen LogP contribution in [0, 0.1) is 5.82 Å². The molecule has 0 N–H and O–H groups in total. The van der Waals surface area contributed by atoms with E-state index in [1.807, 2.05) is 0 Å². The van der Waals surface area contributed by atoms with Gasteiger partial charge >= 0.3 is 0 Å². The topological polar surface area (TPSA) is 21.6 Å². The van der Waals surface area contributed by atoms with Crippen LogP contribution in [0.15, 0.2) is 17.1 Å². The normalized spacial score (nSPS) is 9.69. The summed E-state index contributed by atoms with van der Waals surface area (Å²) in [6, 6.07) is 2.58. The fraction of sp³-hybridized carbons (Fsp3) is 0.364. The van der Waals surface area contributed by atoms with E-state index in [1.165, 1.54) is 6.07 Å². The predicted molar refractivity (Wildman–Crippen MR) is 66.5 cm³/mol.